The fourth-order valence-corrected chi connectivity index (χ4v) is 0.748. The van der Waals surface area contributed by atoms with Crippen molar-refractivity contribution in [1.29, 1.82) is 0 Å². The molecule has 0 amide bonds. The van der Waals surface area contributed by atoms with Crippen molar-refractivity contribution >= 4 is 5.97 Å². The second-order valence-electron chi connectivity index (χ2n) is 2.75. The highest BCUT2D eigenvalue weighted by Crippen LogP contribution is 2.08. The van der Waals surface area contributed by atoms with Gasteiger partial charge in [-0.1, -0.05) is 20.3 Å². The first-order chi connectivity index (χ1) is 5.00. The van der Waals surface area contributed by atoms with Crippen molar-refractivity contribution in [3.05, 3.63) is 0 Å². The molecule has 4 heteroatoms. The molecule has 3 atom stereocenters. The van der Waals surface area contributed by atoms with Crippen LogP contribution in [-0.2, 0) is 4.79 Å². The molecular weight excluding hydrogens is 146 g/mol. The summed E-state index contributed by atoms with van der Waals surface area (Å²) in [6.07, 6.45) is -0.671. The van der Waals surface area contributed by atoms with Gasteiger partial charge in [-0.15, -0.1) is 0 Å². The Bertz CT molecular complexity index is 138. The minimum Gasteiger partial charge on any atom is -0.479 e. The minimum absolute atomic E-state index is 0.0288. The highest BCUT2D eigenvalue weighted by molar-refractivity contribution is 5.72. The lowest BCUT2D eigenvalue weighted by atomic mass is 9.95. The van der Waals surface area contributed by atoms with E-state index in [1.165, 1.54) is 0 Å². The normalized spacial score (nSPS) is 18.9. The van der Waals surface area contributed by atoms with E-state index >= 15 is 0 Å². The second kappa shape index (κ2) is 4.31. The van der Waals surface area contributed by atoms with Gasteiger partial charge >= 0.3 is 5.97 Å². The first kappa shape index (κ1) is 10.4. The van der Waals surface area contributed by atoms with E-state index in [1.807, 2.05) is 13.8 Å². The van der Waals surface area contributed by atoms with Gasteiger partial charge in [0.05, 0.1) is 0 Å². The zero-order chi connectivity index (χ0) is 9.02. The summed E-state index contributed by atoms with van der Waals surface area (Å²) < 4.78 is 0. The van der Waals surface area contributed by atoms with E-state index in [9.17, 15) is 4.79 Å². The van der Waals surface area contributed by atoms with Gasteiger partial charge in [0.1, 0.15) is 0 Å². The molecule has 66 valence electrons. The van der Waals surface area contributed by atoms with Gasteiger partial charge in [0.25, 0.3) is 0 Å². The van der Waals surface area contributed by atoms with Crippen molar-refractivity contribution in [2.75, 3.05) is 0 Å². The Labute approximate surface area is 66.0 Å². The van der Waals surface area contributed by atoms with Crippen LogP contribution in [0.4, 0.5) is 0 Å². The molecule has 11 heavy (non-hydrogen) atoms. The van der Waals surface area contributed by atoms with Gasteiger partial charge in [0.2, 0.25) is 0 Å². The largest absolute Gasteiger partial charge is 0.479 e. The predicted octanol–water partition coefficient (Wildman–Crippen LogP) is -0.195. The summed E-state index contributed by atoms with van der Waals surface area (Å²) >= 11 is 0. The van der Waals surface area contributed by atoms with E-state index in [-0.39, 0.29) is 5.92 Å². The molecule has 0 aromatic heterocycles. The zero-order valence-corrected chi connectivity index (χ0v) is 6.82. The molecule has 0 aliphatic carbocycles. The lowest BCUT2D eigenvalue weighted by Gasteiger charge is -2.20. The predicted molar refractivity (Wildman–Crippen MR) is 41.1 cm³/mol. The Morgan fingerprint density at radius 3 is 2.36 bits per heavy atom. The van der Waals surface area contributed by atoms with E-state index in [2.05, 4.69) is 0 Å². The summed E-state index contributed by atoms with van der Waals surface area (Å²) in [5.74, 6) is -1.22. The summed E-state index contributed by atoms with van der Waals surface area (Å²) in [5, 5.41) is 17.3. The van der Waals surface area contributed by atoms with Crippen LogP contribution in [0.3, 0.4) is 0 Å². The smallest absolute Gasteiger partial charge is 0.334 e. The standard InChI is InChI=1S/C7H15NO3/c1-3-4(2)5(8)6(9)7(10)11/h4-6,9H,3,8H2,1-2H3,(H,10,11). The fraction of sp³-hybridized carbons (Fsp3) is 0.857. The van der Waals surface area contributed by atoms with Gasteiger partial charge in [-0.05, 0) is 5.92 Å². The summed E-state index contributed by atoms with van der Waals surface area (Å²) in [6, 6.07) is -0.669. The molecule has 0 saturated heterocycles. The average molecular weight is 161 g/mol. The SMILES string of the molecule is CCC(C)C(N)C(O)C(=O)O. The van der Waals surface area contributed by atoms with Crippen molar-refractivity contribution in [3.63, 3.8) is 0 Å². The highest BCUT2D eigenvalue weighted by atomic mass is 16.4. The molecule has 3 unspecified atom stereocenters. The topological polar surface area (TPSA) is 83.5 Å². The minimum atomic E-state index is -1.44. The molecule has 0 bridgehead atoms. The van der Waals surface area contributed by atoms with Crippen LogP contribution in [0.2, 0.25) is 0 Å². The highest BCUT2D eigenvalue weighted by Gasteiger charge is 2.25. The molecule has 0 saturated carbocycles. The van der Waals surface area contributed by atoms with Crippen LogP contribution in [0, 0.1) is 5.92 Å². The summed E-state index contributed by atoms with van der Waals surface area (Å²) in [5.41, 5.74) is 5.44. The van der Waals surface area contributed by atoms with Gasteiger partial charge < -0.3 is 15.9 Å². The molecule has 0 spiro atoms. The quantitative estimate of drug-likeness (QED) is 0.533. The van der Waals surface area contributed by atoms with Gasteiger partial charge in [0, 0.05) is 6.04 Å². The lowest BCUT2D eigenvalue weighted by molar-refractivity contribution is -0.148. The first-order valence-corrected chi connectivity index (χ1v) is 3.67. The molecule has 0 aliphatic heterocycles. The third kappa shape index (κ3) is 2.86. The molecule has 0 heterocycles. The Balaban J connectivity index is 4.00. The number of carbonyl (C=O) groups is 1. The summed E-state index contributed by atoms with van der Waals surface area (Å²) in [7, 11) is 0. The lowest BCUT2D eigenvalue weighted by Crippen LogP contribution is -2.44. The monoisotopic (exact) mass is 161 g/mol. The Morgan fingerprint density at radius 1 is 1.64 bits per heavy atom. The number of hydrogen-bond acceptors (Lipinski definition) is 3. The van der Waals surface area contributed by atoms with Crippen LogP contribution < -0.4 is 5.73 Å². The van der Waals surface area contributed by atoms with Crippen LogP contribution in [0.5, 0.6) is 0 Å². The Kier molecular flexibility index (Phi) is 4.07. The summed E-state index contributed by atoms with van der Waals surface area (Å²) in [6.45, 7) is 3.72. The third-order valence-electron chi connectivity index (χ3n) is 1.92. The maximum atomic E-state index is 10.2. The molecule has 0 radical (unpaired) electrons. The van der Waals surface area contributed by atoms with Gasteiger partial charge in [-0.3, -0.25) is 0 Å². The number of hydrogen-bond donors (Lipinski definition) is 3. The summed E-state index contributed by atoms with van der Waals surface area (Å²) in [4.78, 5) is 10.2. The Morgan fingerprint density at radius 2 is 2.09 bits per heavy atom. The van der Waals surface area contributed by atoms with Gasteiger partial charge in [-0.2, -0.15) is 0 Å². The molecule has 0 rings (SSSR count). The van der Waals surface area contributed by atoms with Crippen LogP contribution in [0.1, 0.15) is 20.3 Å². The number of aliphatic carboxylic acids is 1. The number of rotatable bonds is 4. The molecule has 0 aliphatic rings. The first-order valence-electron chi connectivity index (χ1n) is 3.67. The molecule has 0 aromatic rings. The van der Waals surface area contributed by atoms with E-state index < -0.39 is 18.1 Å². The third-order valence-corrected chi connectivity index (χ3v) is 1.92. The fourth-order valence-electron chi connectivity index (χ4n) is 0.748. The second-order valence-corrected chi connectivity index (χ2v) is 2.75. The van der Waals surface area contributed by atoms with Crippen molar-refractivity contribution in [2.24, 2.45) is 11.7 Å². The number of carboxylic acids is 1. The van der Waals surface area contributed by atoms with Crippen molar-refractivity contribution in [2.45, 2.75) is 32.4 Å². The molecule has 4 N–H and O–H groups in total. The van der Waals surface area contributed by atoms with Crippen LogP contribution >= 0.6 is 0 Å². The van der Waals surface area contributed by atoms with E-state index in [0.29, 0.717) is 0 Å². The molecule has 4 nitrogen and oxygen atoms in total. The molecular formula is C7H15NO3. The van der Waals surface area contributed by atoms with Gasteiger partial charge in [-0.25, -0.2) is 4.79 Å². The van der Waals surface area contributed by atoms with Crippen molar-refractivity contribution in [1.82, 2.24) is 0 Å². The van der Waals surface area contributed by atoms with Crippen LogP contribution in [0.15, 0.2) is 0 Å². The van der Waals surface area contributed by atoms with Crippen LogP contribution in [-0.4, -0.2) is 28.3 Å². The van der Waals surface area contributed by atoms with Gasteiger partial charge in [0.15, 0.2) is 6.10 Å². The average Bonchev–Trinajstić information content (AvgIpc) is 2.00. The maximum absolute atomic E-state index is 10.2. The molecule has 0 fully saturated rings. The van der Waals surface area contributed by atoms with Crippen molar-refractivity contribution in [3.8, 4) is 0 Å². The number of aliphatic hydroxyl groups excluding tert-OH is 1. The van der Waals surface area contributed by atoms with Crippen molar-refractivity contribution < 1.29 is 15.0 Å². The maximum Gasteiger partial charge on any atom is 0.334 e. The number of aliphatic hydroxyl groups is 1. The number of carboxylic acid groups (broad SMARTS) is 1. The van der Waals surface area contributed by atoms with Crippen LogP contribution in [0.25, 0.3) is 0 Å². The zero-order valence-electron chi connectivity index (χ0n) is 6.82. The van der Waals surface area contributed by atoms with E-state index in [4.69, 9.17) is 15.9 Å². The Hall–Kier alpha value is -0.610. The number of nitrogens with two attached hydrogens (primary N) is 1. The van der Waals surface area contributed by atoms with E-state index in [1.54, 1.807) is 0 Å². The molecule has 0 aromatic carbocycles. The van der Waals surface area contributed by atoms with E-state index in [0.717, 1.165) is 6.42 Å².